The molecule has 0 bridgehead atoms. The van der Waals surface area contributed by atoms with Crippen LogP contribution >= 0.6 is 0 Å². The van der Waals surface area contributed by atoms with Crippen molar-refractivity contribution < 1.29 is 14.3 Å². The highest BCUT2D eigenvalue weighted by molar-refractivity contribution is 5.47. The van der Waals surface area contributed by atoms with Crippen molar-refractivity contribution >= 4 is 0 Å². The molecule has 9 heteroatoms. The monoisotopic (exact) mass is 280 g/mol. The number of hydrogen-bond donors (Lipinski definition) is 1. The van der Waals surface area contributed by atoms with Gasteiger partial charge in [0, 0.05) is 6.20 Å². The van der Waals surface area contributed by atoms with Crippen LogP contribution in [0, 0.1) is 0 Å². The molecule has 3 rings (SSSR count). The van der Waals surface area contributed by atoms with E-state index in [9.17, 15) is 9.59 Å². The molecule has 2 aromatic heterocycles. The number of aromatic nitrogens is 5. The Morgan fingerprint density at radius 1 is 1.50 bits per heavy atom. The van der Waals surface area contributed by atoms with E-state index in [1.807, 2.05) is 0 Å². The second kappa shape index (κ2) is 5.19. The lowest BCUT2D eigenvalue weighted by Crippen LogP contribution is -2.24. The third kappa shape index (κ3) is 2.26. The third-order valence-electron chi connectivity index (χ3n) is 3.11. The summed E-state index contributed by atoms with van der Waals surface area (Å²) in [5.74, 6) is 0.400. The van der Waals surface area contributed by atoms with Crippen LogP contribution in [0.5, 0.6) is 0 Å². The zero-order valence-corrected chi connectivity index (χ0v) is 10.7. The van der Waals surface area contributed by atoms with Crippen LogP contribution in [0.1, 0.15) is 11.6 Å². The first-order valence-corrected chi connectivity index (χ1v) is 6.04. The summed E-state index contributed by atoms with van der Waals surface area (Å²) in [4.78, 5) is 5.54. The van der Waals surface area contributed by atoms with Gasteiger partial charge in [0.05, 0.1) is 19.7 Å². The molecule has 0 radical (unpaired) electrons. The highest BCUT2D eigenvalue weighted by Gasteiger charge is 2.36. The molecule has 106 valence electrons. The summed E-state index contributed by atoms with van der Waals surface area (Å²) in [6, 6.07) is 2.75. The van der Waals surface area contributed by atoms with Crippen LogP contribution < -0.4 is 0 Å². The predicted octanol–water partition coefficient (Wildman–Crippen LogP) is -0.152. The number of aryl methyl sites for hydroxylation is 1. The van der Waals surface area contributed by atoms with Crippen molar-refractivity contribution in [3.8, 4) is 11.5 Å². The predicted molar refractivity (Wildman–Crippen MR) is 64.5 cm³/mol. The van der Waals surface area contributed by atoms with Crippen LogP contribution in [-0.2, 0) is 11.8 Å². The van der Waals surface area contributed by atoms with Crippen molar-refractivity contribution in [3.05, 3.63) is 23.9 Å². The molecule has 20 heavy (non-hydrogen) atoms. The Morgan fingerprint density at radius 2 is 2.35 bits per heavy atom. The highest BCUT2D eigenvalue weighted by atomic mass is 19.2. The number of halogens is 1. The van der Waals surface area contributed by atoms with Crippen LogP contribution in [0.15, 0.2) is 18.3 Å². The Morgan fingerprint density at radius 3 is 2.95 bits per heavy atom. The summed E-state index contributed by atoms with van der Waals surface area (Å²) >= 11 is 0. The fourth-order valence-corrected chi connectivity index (χ4v) is 2.15. The average Bonchev–Trinajstić information content (AvgIpc) is 3.05. The van der Waals surface area contributed by atoms with Gasteiger partial charge in [0.15, 0.2) is 0 Å². The standard InChI is InChI=1S/C11H13FN6O2/c1-17-15-11(14-16-17)8-3-2-7(4-13-8)10-9(5-19)20-6-18(10)12/h2-4,9-10,19H,5-6H2,1H3. The molecule has 2 unspecified atom stereocenters. The van der Waals surface area contributed by atoms with Gasteiger partial charge in [0.25, 0.3) is 0 Å². The van der Waals surface area contributed by atoms with Crippen LogP contribution in [0.3, 0.4) is 0 Å². The molecule has 2 atom stereocenters. The Hall–Kier alpha value is -1.97. The lowest BCUT2D eigenvalue weighted by molar-refractivity contribution is -0.0221. The zero-order chi connectivity index (χ0) is 14.1. The van der Waals surface area contributed by atoms with E-state index < -0.39 is 12.1 Å². The molecule has 8 nitrogen and oxygen atoms in total. The van der Waals surface area contributed by atoms with Crippen LogP contribution in [0.25, 0.3) is 11.5 Å². The fourth-order valence-electron chi connectivity index (χ4n) is 2.15. The van der Waals surface area contributed by atoms with E-state index in [1.54, 1.807) is 19.2 Å². The Balaban J connectivity index is 1.85. The maximum Gasteiger partial charge on any atom is 0.223 e. The number of hydrogen-bond acceptors (Lipinski definition) is 7. The van der Waals surface area contributed by atoms with E-state index in [0.717, 1.165) is 0 Å². The molecule has 1 saturated heterocycles. The van der Waals surface area contributed by atoms with Gasteiger partial charge in [-0.05, 0) is 16.8 Å². The molecule has 3 heterocycles. The molecule has 0 aromatic carbocycles. The molecule has 1 fully saturated rings. The maximum absolute atomic E-state index is 13.7. The SMILES string of the molecule is Cn1nnc(-c2ccc(C3C(CO)OCN3F)cn2)n1. The number of pyridine rings is 1. The summed E-state index contributed by atoms with van der Waals surface area (Å²) in [5.41, 5.74) is 1.17. The molecule has 1 N–H and O–H groups in total. The van der Waals surface area contributed by atoms with Gasteiger partial charge in [-0.1, -0.05) is 6.07 Å². The maximum atomic E-state index is 13.7. The minimum atomic E-state index is -0.656. The first-order chi connectivity index (χ1) is 9.69. The number of aliphatic hydroxyl groups excluding tert-OH is 1. The molecule has 2 aromatic rings. The van der Waals surface area contributed by atoms with Crippen LogP contribution in [-0.4, -0.2) is 54.9 Å². The smallest absolute Gasteiger partial charge is 0.223 e. The molecule has 0 saturated carbocycles. The largest absolute Gasteiger partial charge is 0.394 e. The average molecular weight is 280 g/mol. The second-order valence-electron chi connectivity index (χ2n) is 4.44. The van der Waals surface area contributed by atoms with E-state index in [2.05, 4.69) is 20.4 Å². The minimum absolute atomic E-state index is 0.163. The lowest BCUT2D eigenvalue weighted by atomic mass is 10.0. The molecule has 1 aliphatic heterocycles. The van der Waals surface area contributed by atoms with Gasteiger partial charge in [0.2, 0.25) is 5.82 Å². The van der Waals surface area contributed by atoms with Crippen molar-refractivity contribution in [2.45, 2.75) is 12.1 Å². The molecular weight excluding hydrogens is 267 g/mol. The number of nitrogens with zero attached hydrogens (tertiary/aromatic N) is 6. The molecular formula is C11H13FN6O2. The second-order valence-corrected chi connectivity index (χ2v) is 4.44. The fraction of sp³-hybridized carbons (Fsp3) is 0.455. The van der Waals surface area contributed by atoms with Gasteiger partial charge < -0.3 is 9.84 Å². The number of aliphatic hydroxyl groups is 1. The van der Waals surface area contributed by atoms with Crippen LogP contribution in [0.4, 0.5) is 4.48 Å². The van der Waals surface area contributed by atoms with E-state index in [-0.39, 0.29) is 13.3 Å². The van der Waals surface area contributed by atoms with E-state index in [1.165, 1.54) is 11.0 Å². The van der Waals surface area contributed by atoms with Gasteiger partial charge in [-0.25, -0.2) is 0 Å². The van der Waals surface area contributed by atoms with Crippen molar-refractivity contribution in [2.75, 3.05) is 13.3 Å². The summed E-state index contributed by atoms with van der Waals surface area (Å²) in [5, 5.41) is 21.3. The molecule has 0 spiro atoms. The number of rotatable bonds is 3. The van der Waals surface area contributed by atoms with Gasteiger partial charge in [0.1, 0.15) is 18.5 Å². The van der Waals surface area contributed by atoms with Crippen molar-refractivity contribution in [1.82, 2.24) is 30.3 Å². The molecule has 0 amide bonds. The van der Waals surface area contributed by atoms with Crippen molar-refractivity contribution in [1.29, 1.82) is 0 Å². The summed E-state index contributed by atoms with van der Waals surface area (Å²) in [7, 11) is 1.66. The quantitative estimate of drug-likeness (QED) is 0.782. The van der Waals surface area contributed by atoms with E-state index in [4.69, 9.17) is 4.74 Å². The summed E-state index contributed by atoms with van der Waals surface area (Å²) in [6.45, 7) is -0.415. The Labute approximate surface area is 113 Å². The normalized spacial score (nSPS) is 23.4. The number of ether oxygens (including phenoxy) is 1. The zero-order valence-electron chi connectivity index (χ0n) is 10.7. The van der Waals surface area contributed by atoms with Gasteiger partial charge in [-0.2, -0.15) is 4.80 Å². The van der Waals surface area contributed by atoms with Crippen molar-refractivity contribution in [2.24, 2.45) is 7.05 Å². The van der Waals surface area contributed by atoms with Gasteiger partial charge in [-0.3, -0.25) is 4.98 Å². The number of tetrazole rings is 1. The highest BCUT2D eigenvalue weighted by Crippen LogP contribution is 2.32. The van der Waals surface area contributed by atoms with E-state index in [0.29, 0.717) is 22.2 Å². The lowest BCUT2D eigenvalue weighted by Gasteiger charge is -2.18. The minimum Gasteiger partial charge on any atom is -0.394 e. The Kier molecular flexibility index (Phi) is 3.38. The first-order valence-electron chi connectivity index (χ1n) is 6.04. The molecule has 0 aliphatic carbocycles. The van der Waals surface area contributed by atoms with Gasteiger partial charge in [-0.15, -0.1) is 19.8 Å². The summed E-state index contributed by atoms with van der Waals surface area (Å²) in [6.07, 6.45) is 0.933. The third-order valence-corrected chi connectivity index (χ3v) is 3.11. The molecule has 1 aliphatic rings. The van der Waals surface area contributed by atoms with E-state index >= 15 is 0 Å². The van der Waals surface area contributed by atoms with Crippen molar-refractivity contribution in [3.63, 3.8) is 0 Å². The Bertz CT molecular complexity index is 589. The van der Waals surface area contributed by atoms with Gasteiger partial charge >= 0.3 is 0 Å². The topological polar surface area (TPSA) is 89.2 Å². The first kappa shape index (κ1) is 13.0. The summed E-state index contributed by atoms with van der Waals surface area (Å²) < 4.78 is 18.8. The van der Waals surface area contributed by atoms with Crippen LogP contribution in [0.2, 0.25) is 0 Å².